The number of nitrogens with zero attached hydrogens (tertiary/aromatic N) is 1. The van der Waals surface area contributed by atoms with Gasteiger partial charge in [0.05, 0.1) is 6.04 Å². The Morgan fingerprint density at radius 3 is 2.25 bits per heavy atom. The molecule has 160 valence electrons. The molecule has 3 amide bonds. The van der Waals surface area contributed by atoms with Crippen molar-refractivity contribution in [1.29, 1.82) is 0 Å². The van der Waals surface area contributed by atoms with E-state index in [4.69, 9.17) is 5.73 Å². The van der Waals surface area contributed by atoms with Gasteiger partial charge in [-0.3, -0.25) is 14.4 Å². The summed E-state index contributed by atoms with van der Waals surface area (Å²) in [7, 11) is 0. The van der Waals surface area contributed by atoms with E-state index in [1.807, 2.05) is 13.8 Å². The minimum absolute atomic E-state index is 0.0170. The maximum absolute atomic E-state index is 12.8. The normalized spacial score (nSPS) is 21.0. The molecule has 0 spiro atoms. The van der Waals surface area contributed by atoms with Gasteiger partial charge in [-0.25, -0.2) is 4.79 Å². The van der Waals surface area contributed by atoms with Crippen LogP contribution in [0.25, 0.3) is 0 Å². The fourth-order valence-corrected chi connectivity index (χ4v) is 3.20. The predicted octanol–water partition coefficient (Wildman–Crippen LogP) is 0.0809. The van der Waals surface area contributed by atoms with E-state index in [9.17, 15) is 24.3 Å². The lowest BCUT2D eigenvalue weighted by Gasteiger charge is -2.29. The number of nitrogens with two attached hydrogens (primary N) is 1. The molecule has 0 bridgehead atoms. The van der Waals surface area contributed by atoms with Crippen LogP contribution < -0.4 is 16.4 Å². The average Bonchev–Trinajstić information content (AvgIpc) is 3.12. The summed E-state index contributed by atoms with van der Waals surface area (Å²) in [4.78, 5) is 50.3. The van der Waals surface area contributed by atoms with Gasteiger partial charge in [-0.2, -0.15) is 0 Å². The van der Waals surface area contributed by atoms with Crippen molar-refractivity contribution >= 4 is 23.7 Å². The third-order valence-corrected chi connectivity index (χ3v) is 5.36. The van der Waals surface area contributed by atoms with E-state index < -0.39 is 42.0 Å². The molecule has 9 nitrogen and oxygen atoms in total. The molecule has 1 rings (SSSR count). The molecule has 5 N–H and O–H groups in total. The molecule has 5 atom stereocenters. The van der Waals surface area contributed by atoms with Crippen molar-refractivity contribution in [2.45, 2.75) is 78.0 Å². The molecule has 1 aliphatic heterocycles. The van der Waals surface area contributed by atoms with Crippen LogP contribution in [0.4, 0.5) is 0 Å². The van der Waals surface area contributed by atoms with Crippen LogP contribution in [0.3, 0.4) is 0 Å². The Kier molecular flexibility index (Phi) is 8.87. The van der Waals surface area contributed by atoms with Gasteiger partial charge in [0.15, 0.2) is 0 Å². The Morgan fingerprint density at radius 1 is 1.14 bits per heavy atom. The Bertz CT molecular complexity index is 595. The first-order valence-electron chi connectivity index (χ1n) is 9.90. The number of nitrogens with one attached hydrogen (secondary N) is 2. The van der Waals surface area contributed by atoms with Crippen LogP contribution >= 0.6 is 0 Å². The van der Waals surface area contributed by atoms with Crippen molar-refractivity contribution in [3.8, 4) is 0 Å². The number of carbonyl (C=O) groups excluding carboxylic acids is 3. The topological polar surface area (TPSA) is 142 Å². The number of carboxylic acid groups (broad SMARTS) is 1. The summed E-state index contributed by atoms with van der Waals surface area (Å²) in [6.07, 6.45) is 1.83. The zero-order valence-electron chi connectivity index (χ0n) is 17.4. The van der Waals surface area contributed by atoms with Gasteiger partial charge >= 0.3 is 5.97 Å². The van der Waals surface area contributed by atoms with Gasteiger partial charge < -0.3 is 26.4 Å². The SMILES string of the molecule is CCC(C)C(N)C(=O)NC(C)C(=O)N1CCCC1C(=O)NC(C(=O)O)C(C)C. The third kappa shape index (κ3) is 5.92. The molecule has 0 aliphatic carbocycles. The smallest absolute Gasteiger partial charge is 0.326 e. The van der Waals surface area contributed by atoms with Gasteiger partial charge in [-0.05, 0) is 31.6 Å². The highest BCUT2D eigenvalue weighted by Gasteiger charge is 2.38. The fourth-order valence-electron chi connectivity index (χ4n) is 3.20. The number of likely N-dealkylation sites (tertiary alicyclic amines) is 1. The Labute approximate surface area is 166 Å². The molecule has 0 radical (unpaired) electrons. The van der Waals surface area contributed by atoms with E-state index in [1.165, 1.54) is 4.90 Å². The number of carboxylic acids is 1. The van der Waals surface area contributed by atoms with Crippen molar-refractivity contribution < 1.29 is 24.3 Å². The Hall–Kier alpha value is -2.16. The van der Waals surface area contributed by atoms with Gasteiger partial charge in [0, 0.05) is 6.54 Å². The summed E-state index contributed by atoms with van der Waals surface area (Å²) in [6, 6.07) is -3.29. The number of hydrogen-bond donors (Lipinski definition) is 4. The number of hydrogen-bond acceptors (Lipinski definition) is 5. The van der Waals surface area contributed by atoms with Crippen molar-refractivity contribution in [2.75, 3.05) is 6.54 Å². The van der Waals surface area contributed by atoms with E-state index in [0.717, 1.165) is 6.42 Å². The summed E-state index contributed by atoms with van der Waals surface area (Å²) in [6.45, 7) is 9.15. The first-order valence-corrected chi connectivity index (χ1v) is 9.90. The van der Waals surface area contributed by atoms with Crippen LogP contribution in [-0.2, 0) is 19.2 Å². The molecule has 0 aromatic carbocycles. The first kappa shape index (κ1) is 23.9. The molecule has 0 aromatic rings. The van der Waals surface area contributed by atoms with E-state index in [2.05, 4.69) is 10.6 Å². The molecule has 9 heteroatoms. The number of carbonyl (C=O) groups is 4. The highest BCUT2D eigenvalue weighted by molar-refractivity contribution is 5.94. The van der Waals surface area contributed by atoms with Gasteiger partial charge in [0.25, 0.3) is 0 Å². The van der Waals surface area contributed by atoms with Crippen LogP contribution in [0.2, 0.25) is 0 Å². The minimum atomic E-state index is -1.11. The highest BCUT2D eigenvalue weighted by atomic mass is 16.4. The molecule has 1 saturated heterocycles. The lowest BCUT2D eigenvalue weighted by Crippen LogP contribution is -2.57. The van der Waals surface area contributed by atoms with E-state index in [1.54, 1.807) is 20.8 Å². The number of rotatable bonds is 9. The second-order valence-electron chi connectivity index (χ2n) is 7.90. The summed E-state index contributed by atoms with van der Waals surface area (Å²) in [5.74, 6) is -2.68. The van der Waals surface area contributed by atoms with Gasteiger partial charge in [-0.1, -0.05) is 34.1 Å². The summed E-state index contributed by atoms with van der Waals surface area (Å²) < 4.78 is 0. The molecule has 28 heavy (non-hydrogen) atoms. The quantitative estimate of drug-likeness (QED) is 0.433. The molecule has 1 heterocycles. The van der Waals surface area contributed by atoms with Crippen molar-refractivity contribution in [3.05, 3.63) is 0 Å². The Morgan fingerprint density at radius 2 is 1.75 bits per heavy atom. The van der Waals surface area contributed by atoms with Crippen LogP contribution in [0.1, 0.15) is 53.9 Å². The Balaban J connectivity index is 2.77. The molecule has 1 aliphatic rings. The minimum Gasteiger partial charge on any atom is -0.480 e. The van der Waals surface area contributed by atoms with E-state index >= 15 is 0 Å². The van der Waals surface area contributed by atoms with Gasteiger partial charge in [-0.15, -0.1) is 0 Å². The molecule has 0 saturated carbocycles. The first-order chi connectivity index (χ1) is 13.0. The fraction of sp³-hybridized carbons (Fsp3) is 0.789. The lowest BCUT2D eigenvalue weighted by atomic mass is 9.99. The van der Waals surface area contributed by atoms with Crippen LogP contribution in [-0.4, -0.2) is 64.4 Å². The van der Waals surface area contributed by atoms with Crippen LogP contribution in [0, 0.1) is 11.8 Å². The van der Waals surface area contributed by atoms with Crippen molar-refractivity contribution in [3.63, 3.8) is 0 Å². The molecule has 5 unspecified atom stereocenters. The number of amides is 3. The predicted molar refractivity (Wildman–Crippen MR) is 104 cm³/mol. The van der Waals surface area contributed by atoms with E-state index in [0.29, 0.717) is 19.4 Å². The maximum atomic E-state index is 12.8. The maximum Gasteiger partial charge on any atom is 0.326 e. The largest absolute Gasteiger partial charge is 0.480 e. The van der Waals surface area contributed by atoms with Crippen LogP contribution in [0.15, 0.2) is 0 Å². The zero-order valence-corrected chi connectivity index (χ0v) is 17.4. The summed E-state index contributed by atoms with van der Waals surface area (Å²) in [5.41, 5.74) is 5.90. The zero-order chi connectivity index (χ0) is 21.6. The molecule has 0 aromatic heterocycles. The van der Waals surface area contributed by atoms with Gasteiger partial charge in [0.1, 0.15) is 18.1 Å². The van der Waals surface area contributed by atoms with Crippen molar-refractivity contribution in [1.82, 2.24) is 15.5 Å². The second kappa shape index (κ2) is 10.4. The molecular formula is C19H34N4O5. The summed E-state index contributed by atoms with van der Waals surface area (Å²) in [5, 5.41) is 14.4. The third-order valence-electron chi connectivity index (χ3n) is 5.36. The molecule has 1 fully saturated rings. The second-order valence-corrected chi connectivity index (χ2v) is 7.90. The highest BCUT2D eigenvalue weighted by Crippen LogP contribution is 2.19. The monoisotopic (exact) mass is 398 g/mol. The number of aliphatic carboxylic acids is 1. The van der Waals surface area contributed by atoms with Gasteiger partial charge in [0.2, 0.25) is 17.7 Å². The van der Waals surface area contributed by atoms with Crippen LogP contribution in [0.5, 0.6) is 0 Å². The molecular weight excluding hydrogens is 364 g/mol. The summed E-state index contributed by atoms with van der Waals surface area (Å²) >= 11 is 0. The average molecular weight is 399 g/mol. The van der Waals surface area contributed by atoms with E-state index in [-0.39, 0.29) is 17.7 Å². The van der Waals surface area contributed by atoms with Crippen molar-refractivity contribution in [2.24, 2.45) is 17.6 Å². The standard InChI is InChI=1S/C19H34N4O5/c1-6-11(4)14(20)17(25)21-12(5)18(26)23-9-7-8-13(23)16(24)22-15(10(2)3)19(27)28/h10-15H,6-9,20H2,1-5H3,(H,21,25)(H,22,24)(H,27,28). The lowest BCUT2D eigenvalue weighted by molar-refractivity contribution is -0.145.